The number of rotatable bonds is 5. The van der Waals surface area contributed by atoms with Crippen LogP contribution in [0.1, 0.15) is 23.0 Å². The van der Waals surface area contributed by atoms with Gasteiger partial charge in [-0.05, 0) is 50.2 Å². The van der Waals surface area contributed by atoms with Gasteiger partial charge in [-0.25, -0.2) is 13.5 Å². The largest absolute Gasteiger partial charge is 0.478 e. The van der Waals surface area contributed by atoms with Crippen molar-refractivity contribution in [2.24, 2.45) is 0 Å². The van der Waals surface area contributed by atoms with E-state index in [0.717, 1.165) is 0 Å². The van der Waals surface area contributed by atoms with Crippen LogP contribution in [-0.4, -0.2) is 27.7 Å². The fraction of sp³-hybridized carbons (Fsp3) is 0.150. The minimum absolute atomic E-state index is 0.0125. The number of para-hydroxylation sites is 1. The molecule has 0 spiro atoms. The maximum absolute atomic E-state index is 13.6. The highest BCUT2D eigenvalue weighted by Gasteiger charge is 2.23. The molecule has 3 rings (SSSR count). The highest BCUT2D eigenvalue weighted by atomic mass is 35.5. The molecule has 1 heterocycles. The second kappa shape index (κ2) is 8.91. The van der Waals surface area contributed by atoms with E-state index in [0.29, 0.717) is 11.4 Å². The van der Waals surface area contributed by atoms with Crippen molar-refractivity contribution >= 4 is 23.4 Å². The molecule has 1 aromatic heterocycles. The standard InChI is InChI=1S/C20H17ClF2N4O3/c1-11-17(18(21)27(26-11)14-9-7-13(22)8-10-14)20(29)25-24-19(28)12(2)30-16-6-4-3-5-15(16)23/h3-10,12H,1-2H3,(H,24,28)(H,25,29). The van der Waals surface area contributed by atoms with Crippen molar-refractivity contribution in [3.05, 3.63) is 76.6 Å². The Bertz CT molecular complexity index is 1090. The molecule has 30 heavy (non-hydrogen) atoms. The molecule has 10 heteroatoms. The minimum atomic E-state index is -1.08. The van der Waals surface area contributed by atoms with E-state index in [9.17, 15) is 18.4 Å². The first-order valence-corrected chi connectivity index (χ1v) is 9.18. The summed E-state index contributed by atoms with van der Waals surface area (Å²) >= 11 is 6.27. The molecule has 0 saturated heterocycles. The molecule has 2 N–H and O–H groups in total. The van der Waals surface area contributed by atoms with Crippen LogP contribution < -0.4 is 15.6 Å². The van der Waals surface area contributed by atoms with Crippen LogP contribution in [0.15, 0.2) is 48.5 Å². The summed E-state index contributed by atoms with van der Waals surface area (Å²) in [6.07, 6.45) is -1.08. The Morgan fingerprint density at radius 2 is 1.77 bits per heavy atom. The molecule has 0 aliphatic carbocycles. The van der Waals surface area contributed by atoms with Crippen molar-refractivity contribution < 1.29 is 23.1 Å². The number of hydrazine groups is 1. The summed E-state index contributed by atoms with van der Waals surface area (Å²) in [4.78, 5) is 24.7. The third kappa shape index (κ3) is 4.57. The van der Waals surface area contributed by atoms with Gasteiger partial charge >= 0.3 is 0 Å². The average Bonchev–Trinajstić information content (AvgIpc) is 3.02. The number of hydrogen-bond donors (Lipinski definition) is 2. The van der Waals surface area contributed by atoms with Gasteiger partial charge < -0.3 is 4.74 Å². The first kappa shape index (κ1) is 21.3. The van der Waals surface area contributed by atoms with Gasteiger partial charge in [-0.1, -0.05) is 23.7 Å². The van der Waals surface area contributed by atoms with E-state index in [2.05, 4.69) is 16.0 Å². The maximum atomic E-state index is 13.6. The topological polar surface area (TPSA) is 85.3 Å². The number of carbonyl (C=O) groups is 2. The van der Waals surface area contributed by atoms with Crippen LogP contribution >= 0.6 is 11.6 Å². The van der Waals surface area contributed by atoms with Crippen molar-refractivity contribution in [3.8, 4) is 11.4 Å². The number of nitrogens with one attached hydrogen (secondary N) is 2. The lowest BCUT2D eigenvalue weighted by Crippen LogP contribution is -2.47. The van der Waals surface area contributed by atoms with Crippen molar-refractivity contribution in [2.45, 2.75) is 20.0 Å². The van der Waals surface area contributed by atoms with Gasteiger partial charge in [0.15, 0.2) is 17.7 Å². The molecule has 2 aromatic carbocycles. The molecule has 3 aromatic rings. The quantitative estimate of drug-likeness (QED) is 0.603. The highest BCUT2D eigenvalue weighted by molar-refractivity contribution is 6.33. The number of aromatic nitrogens is 2. The Labute approximate surface area is 175 Å². The van der Waals surface area contributed by atoms with Gasteiger partial charge in [0.1, 0.15) is 16.5 Å². The molecule has 7 nitrogen and oxygen atoms in total. The van der Waals surface area contributed by atoms with Crippen LogP contribution in [0.2, 0.25) is 5.15 Å². The molecule has 1 unspecified atom stereocenters. The smallest absolute Gasteiger partial charge is 0.279 e. The second-order valence-electron chi connectivity index (χ2n) is 6.27. The molecule has 1 atom stereocenters. The molecule has 0 radical (unpaired) electrons. The van der Waals surface area contributed by atoms with Crippen LogP contribution in [0.4, 0.5) is 8.78 Å². The summed E-state index contributed by atoms with van der Waals surface area (Å²) < 4.78 is 33.3. The van der Waals surface area contributed by atoms with Gasteiger partial charge in [0.05, 0.1) is 11.4 Å². The summed E-state index contributed by atoms with van der Waals surface area (Å²) in [7, 11) is 0. The first-order chi connectivity index (χ1) is 14.3. The lowest BCUT2D eigenvalue weighted by Gasteiger charge is -2.15. The van der Waals surface area contributed by atoms with E-state index in [1.54, 1.807) is 13.0 Å². The zero-order valence-corrected chi connectivity index (χ0v) is 16.7. The van der Waals surface area contributed by atoms with Gasteiger partial charge in [-0.3, -0.25) is 20.4 Å². The van der Waals surface area contributed by atoms with Gasteiger partial charge in [0.25, 0.3) is 11.8 Å². The Balaban J connectivity index is 1.67. The van der Waals surface area contributed by atoms with E-state index in [1.807, 2.05) is 0 Å². The number of amides is 2. The number of benzene rings is 2. The SMILES string of the molecule is Cc1nn(-c2ccc(F)cc2)c(Cl)c1C(=O)NNC(=O)C(C)Oc1ccccc1F. The normalized spacial score (nSPS) is 11.6. The lowest BCUT2D eigenvalue weighted by atomic mass is 10.2. The average molecular weight is 435 g/mol. The highest BCUT2D eigenvalue weighted by Crippen LogP contribution is 2.23. The fourth-order valence-corrected chi connectivity index (χ4v) is 2.94. The maximum Gasteiger partial charge on any atom is 0.279 e. The monoisotopic (exact) mass is 434 g/mol. The molecule has 2 amide bonds. The fourth-order valence-electron chi connectivity index (χ4n) is 2.58. The van der Waals surface area contributed by atoms with E-state index in [4.69, 9.17) is 16.3 Å². The number of nitrogens with zero attached hydrogens (tertiary/aromatic N) is 2. The third-order valence-electron chi connectivity index (χ3n) is 4.11. The van der Waals surface area contributed by atoms with Crippen LogP contribution in [0.3, 0.4) is 0 Å². The van der Waals surface area contributed by atoms with Crippen LogP contribution in [0.25, 0.3) is 5.69 Å². The number of carbonyl (C=O) groups excluding carboxylic acids is 2. The Kier molecular flexibility index (Phi) is 6.31. The van der Waals surface area contributed by atoms with E-state index in [1.165, 1.54) is 54.1 Å². The zero-order chi connectivity index (χ0) is 21.8. The number of hydrogen-bond acceptors (Lipinski definition) is 4. The Morgan fingerprint density at radius 3 is 2.43 bits per heavy atom. The summed E-state index contributed by atoms with van der Waals surface area (Å²) in [5.41, 5.74) is 5.21. The number of aryl methyl sites for hydroxylation is 1. The van der Waals surface area contributed by atoms with Crippen molar-refractivity contribution in [3.63, 3.8) is 0 Å². The van der Waals surface area contributed by atoms with Gasteiger partial charge in [-0.2, -0.15) is 5.10 Å². The van der Waals surface area contributed by atoms with Crippen molar-refractivity contribution in [2.75, 3.05) is 0 Å². The summed E-state index contributed by atoms with van der Waals surface area (Å²) in [5, 5.41) is 4.17. The summed E-state index contributed by atoms with van der Waals surface area (Å²) in [5.74, 6) is -2.54. The summed E-state index contributed by atoms with van der Waals surface area (Å²) in [6.45, 7) is 2.96. The zero-order valence-electron chi connectivity index (χ0n) is 15.9. The predicted molar refractivity (Wildman–Crippen MR) is 105 cm³/mol. The molecule has 0 fully saturated rings. The van der Waals surface area contributed by atoms with Crippen molar-refractivity contribution in [1.82, 2.24) is 20.6 Å². The van der Waals surface area contributed by atoms with E-state index in [-0.39, 0.29) is 16.5 Å². The predicted octanol–water partition coefficient (Wildman–Crippen LogP) is 3.34. The molecule has 156 valence electrons. The van der Waals surface area contributed by atoms with Crippen LogP contribution in [0, 0.1) is 18.6 Å². The molecule has 0 aliphatic heterocycles. The Morgan fingerprint density at radius 1 is 1.10 bits per heavy atom. The van der Waals surface area contributed by atoms with Gasteiger partial charge in [0.2, 0.25) is 0 Å². The van der Waals surface area contributed by atoms with Crippen LogP contribution in [0.5, 0.6) is 5.75 Å². The van der Waals surface area contributed by atoms with Crippen molar-refractivity contribution in [1.29, 1.82) is 0 Å². The van der Waals surface area contributed by atoms with Gasteiger partial charge in [-0.15, -0.1) is 0 Å². The Hall–Kier alpha value is -3.46. The first-order valence-electron chi connectivity index (χ1n) is 8.80. The van der Waals surface area contributed by atoms with E-state index < -0.39 is 29.6 Å². The minimum Gasteiger partial charge on any atom is -0.478 e. The molecule has 0 bridgehead atoms. The lowest BCUT2D eigenvalue weighted by molar-refractivity contribution is -0.128. The van der Waals surface area contributed by atoms with E-state index >= 15 is 0 Å². The number of halogens is 3. The third-order valence-corrected chi connectivity index (χ3v) is 4.46. The molecule has 0 saturated carbocycles. The molecule has 0 aliphatic rings. The second-order valence-corrected chi connectivity index (χ2v) is 6.63. The molecular formula is C20H17ClF2N4O3. The number of ether oxygens (including phenoxy) is 1. The van der Waals surface area contributed by atoms with Gasteiger partial charge in [0, 0.05) is 0 Å². The molecular weight excluding hydrogens is 418 g/mol. The van der Waals surface area contributed by atoms with Crippen LogP contribution in [-0.2, 0) is 4.79 Å². The summed E-state index contributed by atoms with van der Waals surface area (Å²) in [6, 6.07) is 11.0.